The van der Waals surface area contributed by atoms with Crippen molar-refractivity contribution in [1.29, 1.82) is 0 Å². The molecule has 0 fully saturated rings. The second kappa shape index (κ2) is 5.31. The predicted molar refractivity (Wildman–Crippen MR) is 62.3 cm³/mol. The minimum atomic E-state index is -1.33. The largest absolute Gasteiger partial charge is 0.299 e. The van der Waals surface area contributed by atoms with Gasteiger partial charge in [-0.25, -0.2) is 0 Å². The molecule has 18 heavy (non-hydrogen) atoms. The molecule has 0 amide bonds. The number of nitro groups is 1. The minimum Gasteiger partial charge on any atom is -0.299 e. The Hall–Kier alpha value is -2.37. The number of ketones is 3. The number of nitrogens with zero attached hydrogens (tertiary/aromatic N) is 1. The van der Waals surface area contributed by atoms with Gasteiger partial charge in [0.1, 0.15) is 17.5 Å². The third-order valence-electron chi connectivity index (χ3n) is 2.44. The van der Waals surface area contributed by atoms with Crippen molar-refractivity contribution < 1.29 is 19.3 Å². The molecule has 0 aliphatic rings. The van der Waals surface area contributed by atoms with Crippen LogP contribution in [0.5, 0.6) is 0 Å². The summed E-state index contributed by atoms with van der Waals surface area (Å²) >= 11 is 0. The summed E-state index contributed by atoms with van der Waals surface area (Å²) in [5.41, 5.74) is -0.0512. The Balaban J connectivity index is 3.06. The second-order valence-corrected chi connectivity index (χ2v) is 3.82. The molecule has 0 spiro atoms. The fourth-order valence-electron chi connectivity index (χ4n) is 1.57. The van der Waals surface area contributed by atoms with Crippen molar-refractivity contribution in [3.63, 3.8) is 0 Å². The lowest BCUT2D eigenvalue weighted by atomic mass is 9.91. The first kappa shape index (κ1) is 13.7. The van der Waals surface area contributed by atoms with E-state index in [1.165, 1.54) is 12.1 Å². The second-order valence-electron chi connectivity index (χ2n) is 3.82. The van der Waals surface area contributed by atoms with Gasteiger partial charge in [-0.15, -0.1) is 0 Å². The van der Waals surface area contributed by atoms with Crippen molar-refractivity contribution in [3.8, 4) is 0 Å². The van der Waals surface area contributed by atoms with E-state index >= 15 is 0 Å². The van der Waals surface area contributed by atoms with Gasteiger partial charge in [0.15, 0.2) is 5.78 Å². The zero-order chi connectivity index (χ0) is 13.9. The van der Waals surface area contributed by atoms with E-state index < -0.39 is 28.2 Å². The van der Waals surface area contributed by atoms with Crippen LogP contribution in [0, 0.1) is 16.0 Å². The maximum atomic E-state index is 11.9. The standard InChI is InChI=1S/C12H11NO5/c1-7(14)11(8(2)15)12(16)9-3-5-10(6-4-9)13(17)18/h3-6,11H,1-2H3. The summed E-state index contributed by atoms with van der Waals surface area (Å²) in [7, 11) is 0. The van der Waals surface area contributed by atoms with E-state index in [0.29, 0.717) is 0 Å². The molecule has 0 atom stereocenters. The van der Waals surface area contributed by atoms with Gasteiger partial charge in [0, 0.05) is 17.7 Å². The molecule has 0 heterocycles. The third kappa shape index (κ3) is 2.85. The Morgan fingerprint density at radius 1 is 1.06 bits per heavy atom. The number of carbonyl (C=O) groups excluding carboxylic acids is 3. The number of carbonyl (C=O) groups is 3. The predicted octanol–water partition coefficient (Wildman–Crippen LogP) is 1.57. The van der Waals surface area contributed by atoms with Gasteiger partial charge in [0.2, 0.25) is 0 Å². The Morgan fingerprint density at radius 2 is 1.50 bits per heavy atom. The first-order valence-corrected chi connectivity index (χ1v) is 5.14. The van der Waals surface area contributed by atoms with Crippen molar-refractivity contribution in [3.05, 3.63) is 39.9 Å². The lowest BCUT2D eigenvalue weighted by Gasteiger charge is -2.08. The van der Waals surface area contributed by atoms with Crippen LogP contribution in [0.3, 0.4) is 0 Å². The van der Waals surface area contributed by atoms with E-state index in [4.69, 9.17) is 0 Å². The summed E-state index contributed by atoms with van der Waals surface area (Å²) in [5, 5.41) is 10.4. The van der Waals surface area contributed by atoms with Gasteiger partial charge in [-0.05, 0) is 26.0 Å². The number of Topliss-reactive ketones (excluding diaryl/α,β-unsaturated/α-hetero) is 3. The number of hydrogen-bond donors (Lipinski definition) is 0. The van der Waals surface area contributed by atoms with E-state index in [2.05, 4.69) is 0 Å². The third-order valence-corrected chi connectivity index (χ3v) is 2.44. The van der Waals surface area contributed by atoms with Crippen molar-refractivity contribution >= 4 is 23.0 Å². The average Bonchev–Trinajstić information content (AvgIpc) is 2.28. The van der Waals surface area contributed by atoms with Crippen LogP contribution >= 0.6 is 0 Å². The molecular formula is C12H11NO5. The fraction of sp³-hybridized carbons (Fsp3) is 0.250. The maximum Gasteiger partial charge on any atom is 0.269 e. The van der Waals surface area contributed by atoms with Crippen LogP contribution in [0.2, 0.25) is 0 Å². The van der Waals surface area contributed by atoms with Gasteiger partial charge in [0.05, 0.1) is 4.92 Å². The average molecular weight is 249 g/mol. The van der Waals surface area contributed by atoms with Crippen molar-refractivity contribution in [1.82, 2.24) is 0 Å². The molecule has 0 aliphatic heterocycles. The first-order chi connectivity index (χ1) is 8.34. The van der Waals surface area contributed by atoms with Crippen LogP contribution in [-0.2, 0) is 9.59 Å². The van der Waals surface area contributed by atoms with Gasteiger partial charge < -0.3 is 0 Å². The quantitative estimate of drug-likeness (QED) is 0.341. The van der Waals surface area contributed by atoms with Gasteiger partial charge in [-0.3, -0.25) is 24.5 Å². The molecule has 1 aromatic rings. The van der Waals surface area contributed by atoms with Gasteiger partial charge in [0.25, 0.3) is 5.69 Å². The van der Waals surface area contributed by atoms with Gasteiger partial charge >= 0.3 is 0 Å². The number of benzene rings is 1. The molecule has 0 N–H and O–H groups in total. The lowest BCUT2D eigenvalue weighted by Crippen LogP contribution is -2.28. The zero-order valence-corrected chi connectivity index (χ0v) is 9.88. The van der Waals surface area contributed by atoms with Crippen LogP contribution < -0.4 is 0 Å². The normalized spacial score (nSPS) is 10.2. The summed E-state index contributed by atoms with van der Waals surface area (Å²) in [6.07, 6.45) is 0. The Bertz CT molecular complexity index is 504. The van der Waals surface area contributed by atoms with E-state index in [9.17, 15) is 24.5 Å². The molecule has 6 heteroatoms. The maximum absolute atomic E-state index is 11.9. The lowest BCUT2D eigenvalue weighted by molar-refractivity contribution is -0.384. The molecule has 1 aromatic carbocycles. The van der Waals surface area contributed by atoms with Crippen LogP contribution in [0.25, 0.3) is 0 Å². The Labute approximate surface area is 103 Å². The van der Waals surface area contributed by atoms with Crippen LogP contribution in [0.1, 0.15) is 24.2 Å². The Morgan fingerprint density at radius 3 is 1.83 bits per heavy atom. The highest BCUT2D eigenvalue weighted by atomic mass is 16.6. The molecule has 0 unspecified atom stereocenters. The summed E-state index contributed by atoms with van der Waals surface area (Å²) in [6.45, 7) is 2.32. The van der Waals surface area contributed by atoms with E-state index in [-0.39, 0.29) is 11.3 Å². The SMILES string of the molecule is CC(=O)C(C(C)=O)C(=O)c1ccc([N+](=O)[O-])cc1. The molecule has 0 aliphatic carbocycles. The molecule has 1 rings (SSSR count). The molecule has 0 aromatic heterocycles. The zero-order valence-electron chi connectivity index (χ0n) is 9.88. The molecular weight excluding hydrogens is 238 g/mol. The smallest absolute Gasteiger partial charge is 0.269 e. The fourth-order valence-corrected chi connectivity index (χ4v) is 1.57. The number of rotatable bonds is 5. The molecule has 0 saturated carbocycles. The molecule has 0 saturated heterocycles. The summed E-state index contributed by atoms with van der Waals surface area (Å²) < 4.78 is 0. The highest BCUT2D eigenvalue weighted by Crippen LogP contribution is 2.16. The van der Waals surface area contributed by atoms with E-state index in [1.807, 2.05) is 0 Å². The van der Waals surface area contributed by atoms with Crippen LogP contribution in [-0.4, -0.2) is 22.3 Å². The molecule has 0 bridgehead atoms. The summed E-state index contributed by atoms with van der Waals surface area (Å²) in [4.78, 5) is 44.2. The summed E-state index contributed by atoms with van der Waals surface area (Å²) in [6, 6.07) is 4.79. The van der Waals surface area contributed by atoms with Gasteiger partial charge in [-0.1, -0.05) is 0 Å². The van der Waals surface area contributed by atoms with Crippen LogP contribution in [0.4, 0.5) is 5.69 Å². The summed E-state index contributed by atoms with van der Waals surface area (Å²) in [5.74, 6) is -3.03. The molecule has 6 nitrogen and oxygen atoms in total. The van der Waals surface area contributed by atoms with Crippen molar-refractivity contribution in [2.45, 2.75) is 13.8 Å². The van der Waals surface area contributed by atoms with Crippen LogP contribution in [0.15, 0.2) is 24.3 Å². The highest BCUT2D eigenvalue weighted by molar-refractivity contribution is 6.23. The monoisotopic (exact) mass is 249 g/mol. The number of nitro benzene ring substituents is 1. The number of hydrogen-bond acceptors (Lipinski definition) is 5. The van der Waals surface area contributed by atoms with E-state index in [1.54, 1.807) is 0 Å². The molecule has 94 valence electrons. The van der Waals surface area contributed by atoms with Gasteiger partial charge in [-0.2, -0.15) is 0 Å². The van der Waals surface area contributed by atoms with Crippen molar-refractivity contribution in [2.24, 2.45) is 5.92 Å². The van der Waals surface area contributed by atoms with E-state index in [0.717, 1.165) is 26.0 Å². The first-order valence-electron chi connectivity index (χ1n) is 5.14. The Kier molecular flexibility index (Phi) is 4.04. The molecule has 0 radical (unpaired) electrons. The minimum absolute atomic E-state index is 0.107. The number of non-ortho nitro benzene ring substituents is 1. The topological polar surface area (TPSA) is 94.3 Å². The highest BCUT2D eigenvalue weighted by Gasteiger charge is 2.28. The van der Waals surface area contributed by atoms with Crippen molar-refractivity contribution in [2.75, 3.05) is 0 Å².